The second kappa shape index (κ2) is 4.05. The molecular weight excluding hydrogens is 102 g/mol. The Morgan fingerprint density at radius 2 is 2.12 bits per heavy atom. The van der Waals surface area contributed by atoms with Crippen molar-refractivity contribution in [2.24, 2.45) is 11.5 Å². The molecule has 0 amide bonds. The van der Waals surface area contributed by atoms with Crippen LogP contribution in [0.5, 0.6) is 0 Å². The zero-order valence-electron chi connectivity index (χ0n) is 4.89. The van der Waals surface area contributed by atoms with E-state index in [1.165, 1.54) is 12.4 Å². The maximum atomic E-state index is 5.14. The average Bonchev–Trinajstić information content (AvgIpc) is 1.83. The molecule has 46 valence electrons. The molecule has 0 spiro atoms. The standard InChI is InChI=1S/C5H11N3/c1-8-5(4-7)2-3-6/h2-4,8H,6-7H2,1H3/b3-2-,5-4+. The van der Waals surface area contributed by atoms with Crippen LogP contribution in [-0.2, 0) is 0 Å². The Morgan fingerprint density at radius 3 is 2.25 bits per heavy atom. The summed E-state index contributed by atoms with van der Waals surface area (Å²) in [6.45, 7) is 0. The predicted octanol–water partition coefficient (Wildman–Crippen LogP) is -0.522. The van der Waals surface area contributed by atoms with Gasteiger partial charge < -0.3 is 16.8 Å². The van der Waals surface area contributed by atoms with Crippen molar-refractivity contribution in [2.75, 3.05) is 7.05 Å². The quantitative estimate of drug-likeness (QED) is 0.422. The molecule has 0 aliphatic carbocycles. The Hall–Kier alpha value is -1.12. The van der Waals surface area contributed by atoms with Crippen LogP contribution in [0.4, 0.5) is 0 Å². The van der Waals surface area contributed by atoms with E-state index in [1.54, 1.807) is 13.1 Å². The van der Waals surface area contributed by atoms with Crippen LogP contribution in [0, 0.1) is 0 Å². The highest BCUT2D eigenvalue weighted by Crippen LogP contribution is 1.82. The van der Waals surface area contributed by atoms with E-state index < -0.39 is 0 Å². The molecule has 0 fully saturated rings. The van der Waals surface area contributed by atoms with Crippen molar-refractivity contribution in [3.05, 3.63) is 24.2 Å². The minimum atomic E-state index is 0.813. The molecule has 0 unspecified atom stereocenters. The van der Waals surface area contributed by atoms with E-state index in [1.807, 2.05) is 0 Å². The van der Waals surface area contributed by atoms with Crippen molar-refractivity contribution in [2.45, 2.75) is 0 Å². The Morgan fingerprint density at radius 1 is 1.50 bits per heavy atom. The van der Waals surface area contributed by atoms with Gasteiger partial charge >= 0.3 is 0 Å². The molecule has 0 aromatic heterocycles. The van der Waals surface area contributed by atoms with Gasteiger partial charge in [-0.25, -0.2) is 0 Å². The summed E-state index contributed by atoms with van der Waals surface area (Å²) in [5, 5.41) is 2.82. The summed E-state index contributed by atoms with van der Waals surface area (Å²) < 4.78 is 0. The van der Waals surface area contributed by atoms with Crippen LogP contribution in [-0.4, -0.2) is 7.05 Å². The summed E-state index contributed by atoms with van der Waals surface area (Å²) >= 11 is 0. The smallest absolute Gasteiger partial charge is 0.0509 e. The first-order valence-corrected chi connectivity index (χ1v) is 2.33. The van der Waals surface area contributed by atoms with Crippen molar-refractivity contribution in [3.63, 3.8) is 0 Å². The van der Waals surface area contributed by atoms with Crippen LogP contribution in [0.1, 0.15) is 0 Å². The SMILES string of the molecule is CNC(/C=C\N)=C/N. The molecule has 3 nitrogen and oxygen atoms in total. The van der Waals surface area contributed by atoms with Gasteiger partial charge in [-0.15, -0.1) is 0 Å². The van der Waals surface area contributed by atoms with E-state index in [0.717, 1.165) is 5.70 Å². The van der Waals surface area contributed by atoms with Gasteiger partial charge in [0, 0.05) is 13.2 Å². The molecule has 0 saturated heterocycles. The van der Waals surface area contributed by atoms with Crippen LogP contribution in [0.3, 0.4) is 0 Å². The van der Waals surface area contributed by atoms with Gasteiger partial charge in [-0.1, -0.05) is 0 Å². The number of likely N-dealkylation sites (N-methyl/N-ethyl adjacent to an activating group) is 1. The second-order valence-electron chi connectivity index (χ2n) is 1.23. The van der Waals surface area contributed by atoms with Gasteiger partial charge in [0.1, 0.15) is 0 Å². The van der Waals surface area contributed by atoms with Crippen LogP contribution in [0.2, 0.25) is 0 Å². The molecule has 8 heavy (non-hydrogen) atoms. The minimum absolute atomic E-state index is 0.813. The lowest BCUT2D eigenvalue weighted by Gasteiger charge is -1.94. The maximum Gasteiger partial charge on any atom is 0.0509 e. The zero-order chi connectivity index (χ0) is 6.41. The molecule has 0 rings (SSSR count). The third kappa shape index (κ3) is 2.12. The van der Waals surface area contributed by atoms with E-state index in [0.29, 0.717) is 0 Å². The molecule has 0 bridgehead atoms. The average molecular weight is 113 g/mol. The first-order valence-electron chi connectivity index (χ1n) is 2.33. The number of nitrogens with one attached hydrogen (secondary N) is 1. The summed E-state index contributed by atoms with van der Waals surface area (Å²) in [4.78, 5) is 0. The second-order valence-corrected chi connectivity index (χ2v) is 1.23. The molecule has 3 heteroatoms. The van der Waals surface area contributed by atoms with E-state index >= 15 is 0 Å². The van der Waals surface area contributed by atoms with Gasteiger partial charge in [-0.05, 0) is 12.3 Å². The van der Waals surface area contributed by atoms with Crippen molar-refractivity contribution in [3.8, 4) is 0 Å². The highest BCUT2D eigenvalue weighted by molar-refractivity contribution is 5.13. The number of hydrogen-bond donors (Lipinski definition) is 3. The topological polar surface area (TPSA) is 64.1 Å². The molecule has 0 aliphatic rings. The molecule has 0 aromatic carbocycles. The van der Waals surface area contributed by atoms with Gasteiger partial charge in [-0.2, -0.15) is 0 Å². The van der Waals surface area contributed by atoms with E-state index in [2.05, 4.69) is 5.32 Å². The molecule has 0 radical (unpaired) electrons. The van der Waals surface area contributed by atoms with E-state index in [-0.39, 0.29) is 0 Å². The Bertz CT molecular complexity index is 101. The van der Waals surface area contributed by atoms with Crippen molar-refractivity contribution >= 4 is 0 Å². The third-order valence-electron chi connectivity index (χ3n) is 0.744. The highest BCUT2D eigenvalue weighted by atomic mass is 14.8. The minimum Gasteiger partial charge on any atom is -0.405 e. The summed E-state index contributed by atoms with van der Waals surface area (Å²) in [6, 6.07) is 0. The monoisotopic (exact) mass is 113 g/mol. The first-order chi connectivity index (χ1) is 3.85. The fraction of sp³-hybridized carbons (Fsp3) is 0.200. The molecule has 0 aromatic rings. The van der Waals surface area contributed by atoms with Gasteiger partial charge in [0.05, 0.1) is 5.70 Å². The molecule has 5 N–H and O–H groups in total. The lowest BCUT2D eigenvalue weighted by Crippen LogP contribution is -2.05. The summed E-state index contributed by atoms with van der Waals surface area (Å²) in [5.74, 6) is 0. The number of nitrogens with two attached hydrogens (primary N) is 2. The summed E-state index contributed by atoms with van der Waals surface area (Å²) in [6.07, 6.45) is 4.55. The lowest BCUT2D eigenvalue weighted by molar-refractivity contribution is 1.02. The van der Waals surface area contributed by atoms with E-state index in [4.69, 9.17) is 11.5 Å². The first kappa shape index (κ1) is 6.88. The Balaban J connectivity index is 3.72. The summed E-state index contributed by atoms with van der Waals surface area (Å²) in [5.41, 5.74) is 11.0. The van der Waals surface area contributed by atoms with Crippen molar-refractivity contribution < 1.29 is 0 Å². The van der Waals surface area contributed by atoms with Crippen LogP contribution in [0.15, 0.2) is 24.2 Å². The van der Waals surface area contributed by atoms with Gasteiger partial charge in [0.15, 0.2) is 0 Å². The molecule has 0 saturated carbocycles. The molecular formula is C5H11N3. The van der Waals surface area contributed by atoms with Crippen LogP contribution < -0.4 is 16.8 Å². The fourth-order valence-electron chi connectivity index (χ4n) is 0.326. The van der Waals surface area contributed by atoms with Gasteiger partial charge in [-0.3, -0.25) is 0 Å². The third-order valence-corrected chi connectivity index (χ3v) is 0.744. The largest absolute Gasteiger partial charge is 0.405 e. The van der Waals surface area contributed by atoms with Crippen LogP contribution >= 0.6 is 0 Å². The van der Waals surface area contributed by atoms with Crippen LogP contribution in [0.25, 0.3) is 0 Å². The normalized spacial score (nSPS) is 12.4. The predicted molar refractivity (Wildman–Crippen MR) is 34.7 cm³/mol. The lowest BCUT2D eigenvalue weighted by atomic mass is 10.4. The van der Waals surface area contributed by atoms with Gasteiger partial charge in [0.25, 0.3) is 0 Å². The maximum absolute atomic E-state index is 5.14. The Labute approximate surface area is 49.0 Å². The fourth-order valence-corrected chi connectivity index (χ4v) is 0.326. The zero-order valence-corrected chi connectivity index (χ0v) is 4.89. The molecule has 0 heterocycles. The number of rotatable bonds is 2. The number of allylic oxidation sites excluding steroid dienone is 1. The molecule has 0 atom stereocenters. The Kier molecular flexibility index (Phi) is 3.48. The van der Waals surface area contributed by atoms with E-state index in [9.17, 15) is 0 Å². The number of hydrogen-bond acceptors (Lipinski definition) is 3. The van der Waals surface area contributed by atoms with Gasteiger partial charge in [0.2, 0.25) is 0 Å². The van der Waals surface area contributed by atoms with Crippen molar-refractivity contribution in [1.82, 2.24) is 5.32 Å². The molecule has 0 aliphatic heterocycles. The van der Waals surface area contributed by atoms with Crippen molar-refractivity contribution in [1.29, 1.82) is 0 Å². The summed E-state index contributed by atoms with van der Waals surface area (Å²) in [7, 11) is 1.78. The highest BCUT2D eigenvalue weighted by Gasteiger charge is 1.78.